The second-order valence-electron chi connectivity index (χ2n) is 3.99. The number of carbonyl (C=O) groups excluding carboxylic acids is 1. The van der Waals surface area contributed by atoms with Gasteiger partial charge < -0.3 is 10.2 Å². The quantitative estimate of drug-likeness (QED) is 0.740. The Balaban J connectivity index is 2.63. The summed E-state index contributed by atoms with van der Waals surface area (Å²) < 4.78 is 0. The molecule has 0 aliphatic carbocycles. The van der Waals surface area contributed by atoms with Crippen LogP contribution < -0.4 is 5.32 Å². The predicted octanol–water partition coefficient (Wildman–Crippen LogP) is 1.39. The van der Waals surface area contributed by atoms with E-state index in [1.807, 2.05) is 7.05 Å². The molecule has 1 aliphatic rings. The zero-order chi connectivity index (χ0) is 10.6. The molecule has 1 N–H and O–H groups in total. The molecule has 82 valence electrons. The van der Waals surface area contributed by atoms with Crippen molar-refractivity contribution in [1.82, 2.24) is 10.2 Å². The fourth-order valence-electron chi connectivity index (χ4n) is 2.26. The van der Waals surface area contributed by atoms with E-state index in [-0.39, 0.29) is 6.04 Å². The molecule has 1 rings (SSSR count). The standard InChI is InChI=1S/C11H22N2O/c1-4-9(5-2)13-8-6-7-10(12-3)11(13)14/h9-10,12H,4-8H2,1-3H3. The largest absolute Gasteiger partial charge is 0.338 e. The molecule has 1 unspecified atom stereocenters. The molecule has 1 amide bonds. The van der Waals surface area contributed by atoms with Crippen LogP contribution in [0.5, 0.6) is 0 Å². The zero-order valence-corrected chi connectivity index (χ0v) is 9.55. The van der Waals surface area contributed by atoms with Crippen LogP contribution >= 0.6 is 0 Å². The monoisotopic (exact) mass is 198 g/mol. The topological polar surface area (TPSA) is 32.3 Å². The van der Waals surface area contributed by atoms with Crippen molar-refractivity contribution in [1.29, 1.82) is 0 Å². The van der Waals surface area contributed by atoms with Crippen LogP contribution in [0.25, 0.3) is 0 Å². The van der Waals surface area contributed by atoms with Crippen molar-refractivity contribution in [3.05, 3.63) is 0 Å². The highest BCUT2D eigenvalue weighted by Crippen LogP contribution is 2.17. The molecule has 1 atom stereocenters. The van der Waals surface area contributed by atoms with Gasteiger partial charge in [0, 0.05) is 12.6 Å². The van der Waals surface area contributed by atoms with Crippen molar-refractivity contribution in [2.24, 2.45) is 0 Å². The maximum absolute atomic E-state index is 12.0. The Kier molecular flexibility index (Phi) is 4.39. The number of amides is 1. The number of likely N-dealkylation sites (N-methyl/N-ethyl adjacent to an activating group) is 1. The SMILES string of the molecule is CCC(CC)N1CCCC(NC)C1=O. The van der Waals surface area contributed by atoms with Crippen LogP contribution in [0.3, 0.4) is 0 Å². The number of nitrogens with zero attached hydrogens (tertiary/aromatic N) is 1. The molecular formula is C11H22N2O. The lowest BCUT2D eigenvalue weighted by Gasteiger charge is -2.37. The van der Waals surface area contributed by atoms with E-state index in [0.29, 0.717) is 11.9 Å². The average Bonchev–Trinajstić information content (AvgIpc) is 2.22. The first-order valence-corrected chi connectivity index (χ1v) is 5.72. The third-order valence-electron chi connectivity index (χ3n) is 3.20. The lowest BCUT2D eigenvalue weighted by Crippen LogP contribution is -2.53. The van der Waals surface area contributed by atoms with Gasteiger partial charge >= 0.3 is 0 Å². The van der Waals surface area contributed by atoms with Crippen molar-refractivity contribution in [2.45, 2.75) is 51.6 Å². The highest BCUT2D eigenvalue weighted by Gasteiger charge is 2.30. The molecule has 1 aliphatic heterocycles. The van der Waals surface area contributed by atoms with Gasteiger partial charge in [-0.15, -0.1) is 0 Å². The predicted molar refractivity (Wildman–Crippen MR) is 58.2 cm³/mol. The number of likely N-dealkylation sites (tertiary alicyclic amines) is 1. The van der Waals surface area contributed by atoms with E-state index in [4.69, 9.17) is 0 Å². The number of hydrogen-bond donors (Lipinski definition) is 1. The first-order chi connectivity index (χ1) is 6.74. The Bertz CT molecular complexity index is 190. The molecule has 3 heteroatoms. The molecule has 1 heterocycles. The summed E-state index contributed by atoms with van der Waals surface area (Å²) in [4.78, 5) is 14.0. The number of nitrogens with one attached hydrogen (secondary N) is 1. The molecule has 0 spiro atoms. The van der Waals surface area contributed by atoms with Crippen molar-refractivity contribution in [3.8, 4) is 0 Å². The van der Waals surface area contributed by atoms with Gasteiger partial charge in [0.05, 0.1) is 6.04 Å². The van der Waals surface area contributed by atoms with Crippen molar-refractivity contribution in [2.75, 3.05) is 13.6 Å². The Hall–Kier alpha value is -0.570. The number of hydrogen-bond acceptors (Lipinski definition) is 2. The van der Waals surface area contributed by atoms with Gasteiger partial charge in [-0.25, -0.2) is 0 Å². The highest BCUT2D eigenvalue weighted by atomic mass is 16.2. The molecule has 1 fully saturated rings. The molecule has 0 radical (unpaired) electrons. The molecule has 0 bridgehead atoms. The summed E-state index contributed by atoms with van der Waals surface area (Å²) in [6, 6.07) is 0.503. The maximum atomic E-state index is 12.0. The minimum absolute atomic E-state index is 0.0596. The summed E-state index contributed by atoms with van der Waals surface area (Å²) in [5.74, 6) is 0.299. The molecule has 0 saturated carbocycles. The summed E-state index contributed by atoms with van der Waals surface area (Å²) in [6.07, 6.45) is 4.26. The molecule has 0 aromatic heterocycles. The highest BCUT2D eigenvalue weighted by molar-refractivity contribution is 5.82. The van der Waals surface area contributed by atoms with Crippen molar-refractivity contribution >= 4 is 5.91 Å². The van der Waals surface area contributed by atoms with E-state index >= 15 is 0 Å². The van der Waals surface area contributed by atoms with Gasteiger partial charge in [-0.05, 0) is 32.7 Å². The minimum Gasteiger partial charge on any atom is -0.338 e. The van der Waals surface area contributed by atoms with Crippen molar-refractivity contribution in [3.63, 3.8) is 0 Å². The van der Waals surface area contributed by atoms with E-state index in [0.717, 1.165) is 32.2 Å². The third-order valence-corrected chi connectivity index (χ3v) is 3.20. The van der Waals surface area contributed by atoms with Crippen LogP contribution in [-0.2, 0) is 4.79 Å². The van der Waals surface area contributed by atoms with Crippen LogP contribution in [0, 0.1) is 0 Å². The first-order valence-electron chi connectivity index (χ1n) is 5.72. The maximum Gasteiger partial charge on any atom is 0.239 e. The molecule has 14 heavy (non-hydrogen) atoms. The Morgan fingerprint density at radius 2 is 2.14 bits per heavy atom. The van der Waals surface area contributed by atoms with Gasteiger partial charge in [0.1, 0.15) is 0 Å². The van der Waals surface area contributed by atoms with Gasteiger partial charge in [0.2, 0.25) is 5.91 Å². The minimum atomic E-state index is 0.0596. The first kappa shape index (κ1) is 11.5. The molecular weight excluding hydrogens is 176 g/mol. The van der Waals surface area contributed by atoms with Crippen LogP contribution in [0.1, 0.15) is 39.5 Å². The number of rotatable bonds is 4. The summed E-state index contributed by atoms with van der Waals surface area (Å²) in [5, 5.41) is 3.10. The summed E-state index contributed by atoms with van der Waals surface area (Å²) >= 11 is 0. The smallest absolute Gasteiger partial charge is 0.239 e. The lowest BCUT2D eigenvalue weighted by molar-refractivity contribution is -0.138. The van der Waals surface area contributed by atoms with E-state index in [1.165, 1.54) is 0 Å². The van der Waals surface area contributed by atoms with E-state index in [9.17, 15) is 4.79 Å². The summed E-state index contributed by atoms with van der Waals surface area (Å²) in [5.41, 5.74) is 0. The van der Waals surface area contributed by atoms with E-state index in [2.05, 4.69) is 24.1 Å². The fraction of sp³-hybridized carbons (Fsp3) is 0.909. The summed E-state index contributed by atoms with van der Waals surface area (Å²) in [6.45, 7) is 5.26. The Labute approximate surface area is 86.9 Å². The molecule has 0 aromatic carbocycles. The van der Waals surface area contributed by atoms with Gasteiger partial charge in [0.15, 0.2) is 0 Å². The second-order valence-corrected chi connectivity index (χ2v) is 3.99. The average molecular weight is 198 g/mol. The summed E-state index contributed by atoms with van der Waals surface area (Å²) in [7, 11) is 1.87. The van der Waals surface area contributed by atoms with Crippen LogP contribution in [-0.4, -0.2) is 36.5 Å². The van der Waals surface area contributed by atoms with E-state index < -0.39 is 0 Å². The number of piperidine rings is 1. The third kappa shape index (κ3) is 2.27. The number of carbonyl (C=O) groups is 1. The second kappa shape index (κ2) is 5.35. The normalized spacial score (nSPS) is 23.3. The van der Waals surface area contributed by atoms with Gasteiger partial charge in [-0.1, -0.05) is 13.8 Å². The lowest BCUT2D eigenvalue weighted by atomic mass is 10.0. The van der Waals surface area contributed by atoms with E-state index in [1.54, 1.807) is 0 Å². The van der Waals surface area contributed by atoms with Crippen LogP contribution in [0.15, 0.2) is 0 Å². The van der Waals surface area contributed by atoms with Gasteiger partial charge in [-0.3, -0.25) is 4.79 Å². The molecule has 3 nitrogen and oxygen atoms in total. The molecule has 0 aromatic rings. The van der Waals surface area contributed by atoms with Crippen molar-refractivity contribution < 1.29 is 4.79 Å². The van der Waals surface area contributed by atoms with Crippen LogP contribution in [0.4, 0.5) is 0 Å². The fourth-order valence-corrected chi connectivity index (χ4v) is 2.26. The Morgan fingerprint density at radius 3 is 2.64 bits per heavy atom. The Morgan fingerprint density at radius 1 is 1.50 bits per heavy atom. The zero-order valence-electron chi connectivity index (χ0n) is 9.55. The molecule has 1 saturated heterocycles. The van der Waals surface area contributed by atoms with Crippen LogP contribution in [0.2, 0.25) is 0 Å². The van der Waals surface area contributed by atoms with Gasteiger partial charge in [-0.2, -0.15) is 0 Å². The van der Waals surface area contributed by atoms with Gasteiger partial charge in [0.25, 0.3) is 0 Å².